The van der Waals surface area contributed by atoms with Gasteiger partial charge in [-0.05, 0) is 60.9 Å². The van der Waals surface area contributed by atoms with E-state index in [4.69, 9.17) is 14.6 Å². The molecule has 3 rings (SSSR count). The van der Waals surface area contributed by atoms with E-state index in [1.54, 1.807) is 31.2 Å². The van der Waals surface area contributed by atoms with Gasteiger partial charge in [0, 0.05) is 6.42 Å². The number of ether oxygens (including phenoxy) is 2. The number of carboxylic acid groups (broad SMARTS) is 1. The van der Waals surface area contributed by atoms with Gasteiger partial charge in [0.1, 0.15) is 11.5 Å². The molecule has 1 unspecified atom stereocenters. The van der Waals surface area contributed by atoms with Crippen LogP contribution in [0.15, 0.2) is 66.7 Å². The molecule has 0 radical (unpaired) electrons. The molecule has 0 spiro atoms. The van der Waals surface area contributed by atoms with Gasteiger partial charge in [-0.15, -0.1) is 0 Å². The minimum Gasteiger partial charge on any atom is -0.485 e. The normalized spacial score (nSPS) is 11.7. The van der Waals surface area contributed by atoms with E-state index in [0.717, 1.165) is 0 Å². The van der Waals surface area contributed by atoms with Gasteiger partial charge in [-0.25, -0.2) is 8.78 Å². The summed E-state index contributed by atoms with van der Waals surface area (Å²) in [5, 5.41) is 8.70. The predicted molar refractivity (Wildman–Crippen MR) is 105 cm³/mol. The number of carboxylic acids is 1. The molecule has 4 nitrogen and oxygen atoms in total. The molecule has 6 heteroatoms. The van der Waals surface area contributed by atoms with Crippen LogP contribution in [0.5, 0.6) is 17.2 Å². The van der Waals surface area contributed by atoms with Crippen LogP contribution in [-0.4, -0.2) is 17.2 Å². The molecular formula is C23H20F2O4. The SMILES string of the molecule is CC(CCC(=O)O)Oc1c(F)cc(-c2cccc(Oc3ccccc3)c2)cc1F. The molecule has 3 aromatic carbocycles. The summed E-state index contributed by atoms with van der Waals surface area (Å²) in [6.45, 7) is 1.57. The first-order valence-electron chi connectivity index (χ1n) is 9.13. The molecule has 0 fully saturated rings. The average molecular weight is 398 g/mol. The highest BCUT2D eigenvalue weighted by molar-refractivity contribution is 5.67. The lowest BCUT2D eigenvalue weighted by Gasteiger charge is -2.16. The van der Waals surface area contributed by atoms with Crippen LogP contribution in [0.3, 0.4) is 0 Å². The topological polar surface area (TPSA) is 55.8 Å². The van der Waals surface area contributed by atoms with E-state index in [9.17, 15) is 13.6 Å². The second-order valence-corrected chi connectivity index (χ2v) is 6.57. The van der Waals surface area contributed by atoms with Gasteiger partial charge in [0.2, 0.25) is 0 Å². The number of hydrogen-bond donors (Lipinski definition) is 1. The highest BCUT2D eigenvalue weighted by Crippen LogP contribution is 2.32. The number of halogens is 2. The van der Waals surface area contributed by atoms with Crippen molar-refractivity contribution in [1.82, 2.24) is 0 Å². The molecule has 0 aromatic heterocycles. The molecule has 0 heterocycles. The van der Waals surface area contributed by atoms with Crippen molar-refractivity contribution in [2.24, 2.45) is 0 Å². The Morgan fingerprint density at radius 2 is 1.59 bits per heavy atom. The zero-order valence-electron chi connectivity index (χ0n) is 15.8. The number of aliphatic carboxylic acids is 1. The Labute approximate surface area is 167 Å². The van der Waals surface area contributed by atoms with Gasteiger partial charge in [0.05, 0.1) is 6.10 Å². The van der Waals surface area contributed by atoms with Crippen molar-refractivity contribution < 1.29 is 28.2 Å². The summed E-state index contributed by atoms with van der Waals surface area (Å²) in [6, 6.07) is 18.5. The third-order valence-corrected chi connectivity index (χ3v) is 4.23. The summed E-state index contributed by atoms with van der Waals surface area (Å²) in [7, 11) is 0. The molecule has 0 aliphatic rings. The van der Waals surface area contributed by atoms with Crippen molar-refractivity contribution in [2.75, 3.05) is 0 Å². The lowest BCUT2D eigenvalue weighted by molar-refractivity contribution is -0.137. The third kappa shape index (κ3) is 5.54. The fraction of sp³-hybridized carbons (Fsp3) is 0.174. The van der Waals surface area contributed by atoms with E-state index in [1.807, 2.05) is 30.3 Å². The van der Waals surface area contributed by atoms with Crippen molar-refractivity contribution in [3.05, 3.63) is 78.4 Å². The summed E-state index contributed by atoms with van der Waals surface area (Å²) >= 11 is 0. The Morgan fingerprint density at radius 3 is 2.24 bits per heavy atom. The number of benzene rings is 3. The number of hydrogen-bond acceptors (Lipinski definition) is 3. The van der Waals surface area contributed by atoms with Crippen LogP contribution in [0.25, 0.3) is 11.1 Å². The minimum absolute atomic E-state index is 0.142. The van der Waals surface area contributed by atoms with Crippen LogP contribution in [0.1, 0.15) is 19.8 Å². The Morgan fingerprint density at radius 1 is 0.931 bits per heavy atom. The number of para-hydroxylation sites is 1. The maximum Gasteiger partial charge on any atom is 0.303 e. The first-order valence-corrected chi connectivity index (χ1v) is 9.13. The van der Waals surface area contributed by atoms with Crippen molar-refractivity contribution in [1.29, 1.82) is 0 Å². The molecular weight excluding hydrogens is 378 g/mol. The lowest BCUT2D eigenvalue weighted by Crippen LogP contribution is -2.15. The van der Waals surface area contributed by atoms with Gasteiger partial charge >= 0.3 is 5.97 Å². The molecule has 0 saturated carbocycles. The van der Waals surface area contributed by atoms with E-state index in [-0.39, 0.29) is 12.8 Å². The Kier molecular flexibility index (Phi) is 6.44. The molecule has 0 aliphatic carbocycles. The van der Waals surface area contributed by atoms with Gasteiger partial charge in [-0.3, -0.25) is 4.79 Å². The predicted octanol–water partition coefficient (Wildman–Crippen LogP) is 6.06. The second kappa shape index (κ2) is 9.19. The molecule has 29 heavy (non-hydrogen) atoms. The van der Waals surface area contributed by atoms with Gasteiger partial charge in [0.25, 0.3) is 0 Å². The zero-order chi connectivity index (χ0) is 20.8. The molecule has 1 atom stereocenters. The standard InChI is InChI=1S/C23H20F2O4/c1-15(10-11-22(26)27)28-23-20(24)13-17(14-21(23)25)16-6-5-9-19(12-16)29-18-7-3-2-4-8-18/h2-9,12-15H,10-11H2,1H3,(H,26,27). The van der Waals surface area contributed by atoms with Crippen molar-refractivity contribution >= 4 is 5.97 Å². The largest absolute Gasteiger partial charge is 0.485 e. The highest BCUT2D eigenvalue weighted by Gasteiger charge is 2.17. The zero-order valence-corrected chi connectivity index (χ0v) is 15.8. The van der Waals surface area contributed by atoms with Crippen LogP contribution in [0.4, 0.5) is 8.78 Å². The highest BCUT2D eigenvalue weighted by atomic mass is 19.1. The molecule has 3 aromatic rings. The van der Waals surface area contributed by atoms with Gasteiger partial charge < -0.3 is 14.6 Å². The van der Waals surface area contributed by atoms with Crippen LogP contribution in [0.2, 0.25) is 0 Å². The monoisotopic (exact) mass is 398 g/mol. The van der Waals surface area contributed by atoms with E-state index < -0.39 is 29.5 Å². The van der Waals surface area contributed by atoms with E-state index >= 15 is 0 Å². The summed E-state index contributed by atoms with van der Waals surface area (Å²) in [5.41, 5.74) is 0.922. The molecule has 0 amide bonds. The Balaban J connectivity index is 1.79. The van der Waals surface area contributed by atoms with Crippen molar-refractivity contribution in [3.8, 4) is 28.4 Å². The summed E-state index contributed by atoms with van der Waals surface area (Å²) in [4.78, 5) is 10.6. The average Bonchev–Trinajstić information content (AvgIpc) is 2.70. The van der Waals surface area contributed by atoms with Gasteiger partial charge in [-0.2, -0.15) is 0 Å². The van der Waals surface area contributed by atoms with E-state index in [0.29, 0.717) is 22.6 Å². The fourth-order valence-electron chi connectivity index (χ4n) is 2.79. The Hall–Kier alpha value is -3.41. The third-order valence-electron chi connectivity index (χ3n) is 4.23. The maximum atomic E-state index is 14.5. The summed E-state index contributed by atoms with van der Waals surface area (Å²) in [5.74, 6) is -2.01. The van der Waals surface area contributed by atoms with Crippen molar-refractivity contribution in [3.63, 3.8) is 0 Å². The molecule has 0 aliphatic heterocycles. The number of rotatable bonds is 8. The first-order chi connectivity index (χ1) is 13.9. The minimum atomic E-state index is -0.991. The maximum absolute atomic E-state index is 14.5. The van der Waals surface area contributed by atoms with Crippen LogP contribution in [0, 0.1) is 11.6 Å². The van der Waals surface area contributed by atoms with E-state index in [1.165, 1.54) is 12.1 Å². The lowest BCUT2D eigenvalue weighted by atomic mass is 10.0. The quantitative estimate of drug-likeness (QED) is 0.501. The molecule has 0 saturated heterocycles. The molecule has 0 bridgehead atoms. The number of carbonyl (C=O) groups is 1. The second-order valence-electron chi connectivity index (χ2n) is 6.57. The first kappa shape index (κ1) is 20.3. The van der Waals surface area contributed by atoms with Gasteiger partial charge in [-0.1, -0.05) is 30.3 Å². The van der Waals surface area contributed by atoms with Crippen LogP contribution < -0.4 is 9.47 Å². The Bertz CT molecular complexity index is 966. The van der Waals surface area contributed by atoms with E-state index in [2.05, 4.69) is 0 Å². The van der Waals surface area contributed by atoms with Gasteiger partial charge in [0.15, 0.2) is 17.4 Å². The summed E-state index contributed by atoms with van der Waals surface area (Å²) in [6.07, 6.45) is -0.630. The van der Waals surface area contributed by atoms with Crippen LogP contribution >= 0.6 is 0 Å². The summed E-state index contributed by atoms with van der Waals surface area (Å²) < 4.78 is 40.0. The smallest absolute Gasteiger partial charge is 0.303 e. The molecule has 1 N–H and O–H groups in total. The molecule has 150 valence electrons. The van der Waals surface area contributed by atoms with Crippen LogP contribution in [-0.2, 0) is 4.79 Å². The fourth-order valence-corrected chi connectivity index (χ4v) is 2.79. The van der Waals surface area contributed by atoms with Crippen molar-refractivity contribution in [2.45, 2.75) is 25.9 Å².